The largest absolute Gasteiger partial charge is 0.399 e. The Morgan fingerprint density at radius 3 is 2.47 bits per heavy atom. The maximum atomic E-state index is 13.8. The molecule has 2 unspecified atom stereocenters. The Balaban J connectivity index is 1.94. The SMILES string of the molecule is Nc1ccc(S(=O)(=O)N2CC3CCC(C2)O3)c(F)c1. The molecule has 0 saturated carbocycles. The van der Waals surface area contributed by atoms with Gasteiger partial charge >= 0.3 is 0 Å². The first-order valence-corrected chi connectivity index (χ1v) is 7.61. The minimum absolute atomic E-state index is 0.0645. The Labute approximate surface area is 111 Å². The maximum absolute atomic E-state index is 13.8. The van der Waals surface area contributed by atoms with Gasteiger partial charge in [-0.2, -0.15) is 4.31 Å². The number of hydrogen-bond donors (Lipinski definition) is 1. The highest BCUT2D eigenvalue weighted by Crippen LogP contribution is 2.30. The fraction of sp³-hybridized carbons (Fsp3) is 0.500. The van der Waals surface area contributed by atoms with Crippen LogP contribution >= 0.6 is 0 Å². The molecule has 2 fully saturated rings. The molecule has 2 bridgehead atoms. The van der Waals surface area contributed by atoms with Gasteiger partial charge in [0.15, 0.2) is 0 Å². The molecule has 19 heavy (non-hydrogen) atoms. The molecule has 3 rings (SSSR count). The molecule has 5 nitrogen and oxygen atoms in total. The molecule has 1 aromatic rings. The predicted molar refractivity (Wildman–Crippen MR) is 67.5 cm³/mol. The summed E-state index contributed by atoms with van der Waals surface area (Å²) in [5.74, 6) is -0.807. The Hall–Kier alpha value is -1.18. The van der Waals surface area contributed by atoms with Crippen LogP contribution in [0.1, 0.15) is 12.8 Å². The van der Waals surface area contributed by atoms with Crippen LogP contribution in [0.2, 0.25) is 0 Å². The molecule has 0 aliphatic carbocycles. The fourth-order valence-corrected chi connectivity index (χ4v) is 4.19. The zero-order valence-corrected chi connectivity index (χ0v) is 11.1. The molecule has 2 aliphatic rings. The van der Waals surface area contributed by atoms with E-state index in [0.29, 0.717) is 13.1 Å². The van der Waals surface area contributed by atoms with Crippen molar-refractivity contribution >= 4 is 15.7 Å². The van der Waals surface area contributed by atoms with E-state index in [1.54, 1.807) is 0 Å². The van der Waals surface area contributed by atoms with Gasteiger partial charge in [-0.1, -0.05) is 0 Å². The van der Waals surface area contributed by atoms with Crippen molar-refractivity contribution < 1.29 is 17.5 Å². The first-order valence-electron chi connectivity index (χ1n) is 6.17. The summed E-state index contributed by atoms with van der Waals surface area (Å²) in [5, 5.41) is 0. The first-order chi connectivity index (χ1) is 8.96. The Morgan fingerprint density at radius 1 is 1.26 bits per heavy atom. The van der Waals surface area contributed by atoms with Crippen LogP contribution in [0.4, 0.5) is 10.1 Å². The molecule has 7 heteroatoms. The van der Waals surface area contributed by atoms with Crippen LogP contribution in [-0.4, -0.2) is 38.0 Å². The Morgan fingerprint density at radius 2 is 1.89 bits per heavy atom. The standard InChI is InChI=1S/C12H15FN2O3S/c13-11-5-8(14)1-4-12(11)19(16,17)15-6-9-2-3-10(7-15)18-9/h1,4-5,9-10H,2-3,6-7,14H2. The number of nitrogen functional groups attached to an aromatic ring is 1. The highest BCUT2D eigenvalue weighted by Gasteiger charge is 2.40. The lowest BCUT2D eigenvalue weighted by molar-refractivity contribution is -0.0115. The lowest BCUT2D eigenvalue weighted by Crippen LogP contribution is -2.45. The number of rotatable bonds is 2. The van der Waals surface area contributed by atoms with Gasteiger partial charge in [0, 0.05) is 18.8 Å². The summed E-state index contributed by atoms with van der Waals surface area (Å²) in [6.45, 7) is 0.589. The van der Waals surface area contributed by atoms with Crippen molar-refractivity contribution in [2.45, 2.75) is 29.9 Å². The van der Waals surface area contributed by atoms with E-state index in [4.69, 9.17) is 10.5 Å². The third-order valence-corrected chi connectivity index (χ3v) is 5.45. The quantitative estimate of drug-likeness (QED) is 0.822. The highest BCUT2D eigenvalue weighted by molar-refractivity contribution is 7.89. The summed E-state index contributed by atoms with van der Waals surface area (Å²) >= 11 is 0. The number of nitrogens with zero attached hydrogens (tertiary/aromatic N) is 1. The van der Waals surface area contributed by atoms with Crippen LogP contribution < -0.4 is 5.73 Å². The van der Waals surface area contributed by atoms with Gasteiger partial charge in [0.1, 0.15) is 10.7 Å². The van der Waals surface area contributed by atoms with E-state index < -0.39 is 15.8 Å². The van der Waals surface area contributed by atoms with E-state index in [0.717, 1.165) is 18.9 Å². The van der Waals surface area contributed by atoms with Crippen LogP contribution in [0.3, 0.4) is 0 Å². The normalized spacial score (nSPS) is 27.6. The second kappa shape index (κ2) is 4.43. The monoisotopic (exact) mass is 286 g/mol. The van der Waals surface area contributed by atoms with Gasteiger partial charge in [0.2, 0.25) is 10.0 Å². The molecular weight excluding hydrogens is 271 g/mol. The van der Waals surface area contributed by atoms with Crippen molar-refractivity contribution in [1.29, 1.82) is 0 Å². The molecule has 0 amide bonds. The van der Waals surface area contributed by atoms with E-state index in [1.807, 2.05) is 0 Å². The third kappa shape index (κ3) is 2.22. The number of ether oxygens (including phenoxy) is 1. The van der Waals surface area contributed by atoms with Crippen LogP contribution in [-0.2, 0) is 14.8 Å². The minimum atomic E-state index is -3.81. The summed E-state index contributed by atoms with van der Waals surface area (Å²) < 4.78 is 45.6. The van der Waals surface area contributed by atoms with Crippen LogP contribution in [0.25, 0.3) is 0 Å². The number of hydrogen-bond acceptors (Lipinski definition) is 4. The van der Waals surface area contributed by atoms with Crippen molar-refractivity contribution in [3.05, 3.63) is 24.0 Å². The topological polar surface area (TPSA) is 72.6 Å². The lowest BCUT2D eigenvalue weighted by Gasteiger charge is -2.31. The van der Waals surface area contributed by atoms with E-state index in [9.17, 15) is 12.8 Å². The van der Waals surface area contributed by atoms with Crippen molar-refractivity contribution in [3.63, 3.8) is 0 Å². The van der Waals surface area contributed by atoms with Gasteiger partial charge in [0.25, 0.3) is 0 Å². The summed E-state index contributed by atoms with van der Waals surface area (Å²) in [4.78, 5) is -0.317. The smallest absolute Gasteiger partial charge is 0.246 e. The molecular formula is C12H15FN2O3S. The molecule has 2 saturated heterocycles. The number of fused-ring (bicyclic) bond motifs is 2. The third-order valence-electron chi connectivity index (χ3n) is 3.58. The number of nitrogens with two attached hydrogens (primary N) is 1. The molecule has 0 spiro atoms. The van der Waals surface area contributed by atoms with Crippen molar-refractivity contribution in [3.8, 4) is 0 Å². The fourth-order valence-electron chi connectivity index (χ4n) is 2.64. The Bertz CT molecular complexity index is 593. The number of benzene rings is 1. The second-order valence-corrected chi connectivity index (χ2v) is 6.88. The number of halogens is 1. The van der Waals surface area contributed by atoms with Gasteiger partial charge in [0.05, 0.1) is 12.2 Å². The molecule has 1 aromatic carbocycles. The zero-order valence-electron chi connectivity index (χ0n) is 10.3. The highest BCUT2D eigenvalue weighted by atomic mass is 32.2. The maximum Gasteiger partial charge on any atom is 0.246 e. The van der Waals surface area contributed by atoms with E-state index in [1.165, 1.54) is 16.4 Å². The average Bonchev–Trinajstić information content (AvgIpc) is 2.67. The van der Waals surface area contributed by atoms with Crippen molar-refractivity contribution in [2.75, 3.05) is 18.8 Å². The Kier molecular flexibility index (Phi) is 2.99. The summed E-state index contributed by atoms with van der Waals surface area (Å²) in [7, 11) is -3.81. The van der Waals surface area contributed by atoms with Gasteiger partial charge < -0.3 is 10.5 Å². The van der Waals surface area contributed by atoms with Crippen LogP contribution in [0, 0.1) is 5.82 Å². The van der Waals surface area contributed by atoms with Crippen LogP contribution in [0.5, 0.6) is 0 Å². The molecule has 2 N–H and O–H groups in total. The minimum Gasteiger partial charge on any atom is -0.399 e. The number of anilines is 1. The molecule has 0 aromatic heterocycles. The van der Waals surface area contributed by atoms with Gasteiger partial charge in [-0.25, -0.2) is 12.8 Å². The second-order valence-electron chi connectivity index (χ2n) is 4.97. The summed E-state index contributed by atoms with van der Waals surface area (Å²) in [5.41, 5.74) is 5.64. The first kappa shape index (κ1) is 12.8. The van der Waals surface area contributed by atoms with E-state index >= 15 is 0 Å². The van der Waals surface area contributed by atoms with Gasteiger partial charge in [-0.3, -0.25) is 0 Å². The molecule has 104 valence electrons. The van der Waals surface area contributed by atoms with Crippen molar-refractivity contribution in [1.82, 2.24) is 4.31 Å². The van der Waals surface area contributed by atoms with Crippen LogP contribution in [0.15, 0.2) is 23.1 Å². The van der Waals surface area contributed by atoms with Gasteiger partial charge in [-0.05, 0) is 31.0 Å². The molecule has 0 radical (unpaired) electrons. The van der Waals surface area contributed by atoms with Gasteiger partial charge in [-0.15, -0.1) is 0 Å². The molecule has 2 atom stereocenters. The lowest BCUT2D eigenvalue weighted by atomic mass is 10.2. The van der Waals surface area contributed by atoms with Crippen molar-refractivity contribution in [2.24, 2.45) is 0 Å². The van der Waals surface area contributed by atoms with E-state index in [2.05, 4.69) is 0 Å². The summed E-state index contributed by atoms with van der Waals surface area (Å²) in [6, 6.07) is 3.64. The molecule has 2 aliphatic heterocycles. The van der Waals surface area contributed by atoms with E-state index in [-0.39, 0.29) is 22.8 Å². The average molecular weight is 286 g/mol. The predicted octanol–water partition coefficient (Wildman–Crippen LogP) is 0.960. The molecule has 2 heterocycles. The number of sulfonamides is 1. The summed E-state index contributed by atoms with van der Waals surface area (Å²) in [6.07, 6.45) is 1.60. The number of morpholine rings is 1. The zero-order chi connectivity index (χ0) is 13.6.